The molecular weight excluding hydrogens is 200 g/mol. The summed E-state index contributed by atoms with van der Waals surface area (Å²) < 4.78 is 5.88. The summed E-state index contributed by atoms with van der Waals surface area (Å²) in [7, 11) is 0. The molecular formula is C14H24O2. The summed E-state index contributed by atoms with van der Waals surface area (Å²) in [5.41, 5.74) is 0.226. The Morgan fingerprint density at radius 3 is 2.75 bits per heavy atom. The van der Waals surface area contributed by atoms with Crippen molar-refractivity contribution in [1.29, 1.82) is 0 Å². The van der Waals surface area contributed by atoms with Gasteiger partial charge in [0.05, 0.1) is 6.10 Å². The minimum absolute atomic E-state index is 0.226. The summed E-state index contributed by atoms with van der Waals surface area (Å²) in [5.74, 6) is 1.30. The van der Waals surface area contributed by atoms with E-state index in [2.05, 4.69) is 13.8 Å². The molecule has 0 bridgehead atoms. The lowest BCUT2D eigenvalue weighted by atomic mass is 9.63. The Balaban J connectivity index is 2.17. The number of ether oxygens (including phenoxy) is 1. The van der Waals surface area contributed by atoms with Crippen LogP contribution in [0.3, 0.4) is 0 Å². The maximum Gasteiger partial charge on any atom is 0.133 e. The van der Waals surface area contributed by atoms with Gasteiger partial charge in [-0.2, -0.15) is 0 Å². The van der Waals surface area contributed by atoms with Crippen molar-refractivity contribution in [2.45, 2.75) is 59.0 Å². The van der Waals surface area contributed by atoms with Crippen LogP contribution in [0.5, 0.6) is 0 Å². The van der Waals surface area contributed by atoms with E-state index in [1.165, 1.54) is 25.7 Å². The van der Waals surface area contributed by atoms with Crippen molar-refractivity contribution in [3.8, 4) is 0 Å². The lowest BCUT2D eigenvalue weighted by Crippen LogP contribution is -2.42. The molecule has 92 valence electrons. The Morgan fingerprint density at radius 1 is 1.38 bits per heavy atom. The predicted octanol–water partition coefficient (Wildman–Crippen LogP) is 3.20. The summed E-state index contributed by atoms with van der Waals surface area (Å²) in [6, 6.07) is 0. The fourth-order valence-corrected chi connectivity index (χ4v) is 4.20. The molecule has 0 heterocycles. The molecule has 0 radical (unpaired) electrons. The Labute approximate surface area is 98.7 Å². The number of carbonyl (C=O) groups excluding carboxylic acids is 1. The van der Waals surface area contributed by atoms with Crippen LogP contribution < -0.4 is 0 Å². The van der Waals surface area contributed by atoms with Gasteiger partial charge in [0.2, 0.25) is 0 Å². The van der Waals surface area contributed by atoms with Gasteiger partial charge in [-0.3, -0.25) is 4.79 Å². The molecule has 0 aromatic rings. The van der Waals surface area contributed by atoms with Gasteiger partial charge in [-0.1, -0.05) is 13.3 Å². The predicted molar refractivity (Wildman–Crippen MR) is 64.3 cm³/mol. The van der Waals surface area contributed by atoms with Gasteiger partial charge >= 0.3 is 0 Å². The van der Waals surface area contributed by atoms with Crippen molar-refractivity contribution in [2.24, 2.45) is 17.3 Å². The van der Waals surface area contributed by atoms with Gasteiger partial charge in [0.1, 0.15) is 5.78 Å². The topological polar surface area (TPSA) is 26.3 Å². The molecule has 0 aromatic carbocycles. The summed E-state index contributed by atoms with van der Waals surface area (Å²) in [6.45, 7) is 6.97. The molecule has 4 atom stereocenters. The lowest BCUT2D eigenvalue weighted by Gasteiger charge is -2.44. The summed E-state index contributed by atoms with van der Waals surface area (Å²) >= 11 is 0. The average Bonchev–Trinajstić information content (AvgIpc) is 2.56. The van der Waals surface area contributed by atoms with Gasteiger partial charge in [0.25, 0.3) is 0 Å². The van der Waals surface area contributed by atoms with Gasteiger partial charge < -0.3 is 4.74 Å². The summed E-state index contributed by atoms with van der Waals surface area (Å²) in [6.07, 6.45) is 6.31. The molecule has 2 saturated carbocycles. The van der Waals surface area contributed by atoms with Crippen molar-refractivity contribution < 1.29 is 9.53 Å². The third kappa shape index (κ3) is 1.81. The molecule has 2 heteroatoms. The molecule has 2 nitrogen and oxygen atoms in total. The Morgan fingerprint density at radius 2 is 2.12 bits per heavy atom. The van der Waals surface area contributed by atoms with E-state index in [0.717, 1.165) is 13.0 Å². The minimum atomic E-state index is 0.226. The van der Waals surface area contributed by atoms with E-state index < -0.39 is 0 Å². The number of Topliss-reactive ketones (excluding diaryl/α,β-unsaturated/α-hetero) is 1. The molecule has 4 unspecified atom stereocenters. The second-order valence-corrected chi connectivity index (χ2v) is 5.74. The molecule has 0 spiro atoms. The molecule has 2 fully saturated rings. The number of carbonyl (C=O) groups is 1. The molecule has 0 aromatic heterocycles. The molecule has 16 heavy (non-hydrogen) atoms. The molecule has 2 aliphatic carbocycles. The number of ketones is 1. The van der Waals surface area contributed by atoms with Crippen LogP contribution in [0.25, 0.3) is 0 Å². The second-order valence-electron chi connectivity index (χ2n) is 5.74. The molecule has 2 rings (SSSR count). The molecule has 0 aliphatic heterocycles. The standard InChI is InChI=1S/C14H24O2/c1-4-16-13-6-5-9-14(3)11(10(2)15)7-8-12(13)14/h11-13H,4-9H2,1-3H3. The zero-order valence-corrected chi connectivity index (χ0v) is 10.8. The molecule has 0 saturated heterocycles. The highest BCUT2D eigenvalue weighted by molar-refractivity contribution is 5.79. The maximum absolute atomic E-state index is 11.7. The van der Waals surface area contributed by atoms with Crippen molar-refractivity contribution in [2.75, 3.05) is 6.61 Å². The first-order valence-corrected chi connectivity index (χ1v) is 6.71. The number of hydrogen-bond acceptors (Lipinski definition) is 2. The zero-order valence-electron chi connectivity index (χ0n) is 10.8. The summed E-state index contributed by atoms with van der Waals surface area (Å²) in [4.78, 5) is 11.7. The lowest BCUT2D eigenvalue weighted by molar-refractivity contribution is -0.127. The van der Waals surface area contributed by atoms with E-state index in [0.29, 0.717) is 23.7 Å². The number of hydrogen-bond donors (Lipinski definition) is 0. The van der Waals surface area contributed by atoms with Crippen LogP contribution in [-0.2, 0) is 9.53 Å². The van der Waals surface area contributed by atoms with Crippen molar-refractivity contribution >= 4 is 5.78 Å². The minimum Gasteiger partial charge on any atom is -0.378 e. The first-order chi connectivity index (χ1) is 7.59. The molecule has 0 amide bonds. The first-order valence-electron chi connectivity index (χ1n) is 6.71. The third-order valence-electron chi connectivity index (χ3n) is 4.93. The van der Waals surface area contributed by atoms with Crippen LogP contribution in [0.1, 0.15) is 52.9 Å². The smallest absolute Gasteiger partial charge is 0.133 e. The van der Waals surface area contributed by atoms with Crippen LogP contribution in [0, 0.1) is 17.3 Å². The van der Waals surface area contributed by atoms with E-state index >= 15 is 0 Å². The monoisotopic (exact) mass is 224 g/mol. The van der Waals surface area contributed by atoms with Crippen LogP contribution in [0.15, 0.2) is 0 Å². The SMILES string of the molecule is CCOC1CCCC2(C)C(C(C)=O)CCC12. The Kier molecular flexibility index (Phi) is 3.39. The largest absolute Gasteiger partial charge is 0.378 e. The molecule has 2 aliphatic rings. The van der Waals surface area contributed by atoms with Gasteiger partial charge in [-0.25, -0.2) is 0 Å². The summed E-state index contributed by atoms with van der Waals surface area (Å²) in [5, 5.41) is 0. The van der Waals surface area contributed by atoms with Crippen LogP contribution in [-0.4, -0.2) is 18.5 Å². The molecule has 0 N–H and O–H groups in total. The van der Waals surface area contributed by atoms with E-state index in [1.807, 2.05) is 0 Å². The Hall–Kier alpha value is -0.370. The third-order valence-corrected chi connectivity index (χ3v) is 4.93. The number of rotatable bonds is 3. The van der Waals surface area contributed by atoms with Crippen molar-refractivity contribution in [3.63, 3.8) is 0 Å². The normalized spacial score (nSPS) is 43.1. The average molecular weight is 224 g/mol. The highest BCUT2D eigenvalue weighted by Gasteiger charge is 2.52. The number of fused-ring (bicyclic) bond motifs is 1. The van der Waals surface area contributed by atoms with Gasteiger partial charge in [-0.05, 0) is 50.9 Å². The van der Waals surface area contributed by atoms with E-state index in [4.69, 9.17) is 4.74 Å². The second kappa shape index (κ2) is 4.48. The van der Waals surface area contributed by atoms with Crippen LogP contribution in [0.2, 0.25) is 0 Å². The Bertz CT molecular complexity index is 272. The van der Waals surface area contributed by atoms with Crippen LogP contribution >= 0.6 is 0 Å². The van der Waals surface area contributed by atoms with Crippen molar-refractivity contribution in [1.82, 2.24) is 0 Å². The van der Waals surface area contributed by atoms with Gasteiger partial charge in [0.15, 0.2) is 0 Å². The fraction of sp³-hybridized carbons (Fsp3) is 0.929. The van der Waals surface area contributed by atoms with Crippen LogP contribution in [0.4, 0.5) is 0 Å². The van der Waals surface area contributed by atoms with Gasteiger partial charge in [0, 0.05) is 12.5 Å². The zero-order chi connectivity index (χ0) is 11.8. The van der Waals surface area contributed by atoms with Gasteiger partial charge in [-0.15, -0.1) is 0 Å². The highest BCUT2D eigenvalue weighted by Crippen LogP contribution is 2.56. The van der Waals surface area contributed by atoms with E-state index in [1.54, 1.807) is 6.92 Å². The highest BCUT2D eigenvalue weighted by atomic mass is 16.5. The maximum atomic E-state index is 11.7. The quantitative estimate of drug-likeness (QED) is 0.736. The fourth-order valence-electron chi connectivity index (χ4n) is 4.20. The first kappa shape index (κ1) is 12.1. The van der Waals surface area contributed by atoms with E-state index in [9.17, 15) is 4.79 Å². The van der Waals surface area contributed by atoms with Crippen molar-refractivity contribution in [3.05, 3.63) is 0 Å². The van der Waals surface area contributed by atoms with E-state index in [-0.39, 0.29) is 5.41 Å².